The van der Waals surface area contributed by atoms with E-state index in [1.807, 2.05) is 0 Å². The molecule has 2 N–H and O–H groups in total. The van der Waals surface area contributed by atoms with Crippen LogP contribution in [0.5, 0.6) is 0 Å². The van der Waals surface area contributed by atoms with Gasteiger partial charge in [-0.25, -0.2) is 13.3 Å². The molecule has 33 heavy (non-hydrogen) atoms. The molecule has 0 radical (unpaired) electrons. The standard InChI is InChI=1S/C22H21F3N2O5S/c1-13(28)17(10-14-4-9-19(26-2)18(11-14)22(23,24)25)21(30)27-12-20(29)15-5-7-16(8-6-15)33(3,31)32/h4-9,11,13,17,28H,10,12H2,1,3H3,(H,27,30)/t13-,17-/m1/s1. The molecule has 0 spiro atoms. The number of rotatable bonds is 8. The number of hydrogen-bond donors (Lipinski definition) is 2. The summed E-state index contributed by atoms with van der Waals surface area (Å²) in [4.78, 5) is 27.7. The zero-order valence-corrected chi connectivity index (χ0v) is 18.5. The zero-order valence-electron chi connectivity index (χ0n) is 17.7. The van der Waals surface area contributed by atoms with E-state index in [1.54, 1.807) is 0 Å². The van der Waals surface area contributed by atoms with Crippen LogP contribution in [0.15, 0.2) is 47.4 Å². The summed E-state index contributed by atoms with van der Waals surface area (Å²) in [7, 11) is -3.43. The number of aliphatic hydroxyl groups excluding tert-OH is 1. The van der Waals surface area contributed by atoms with E-state index in [0.29, 0.717) is 0 Å². The van der Waals surface area contributed by atoms with Crippen LogP contribution in [0, 0.1) is 12.5 Å². The number of benzene rings is 2. The van der Waals surface area contributed by atoms with Crippen molar-refractivity contribution in [3.63, 3.8) is 0 Å². The van der Waals surface area contributed by atoms with Gasteiger partial charge >= 0.3 is 6.18 Å². The molecule has 0 aromatic heterocycles. The average Bonchev–Trinajstić information content (AvgIpc) is 2.74. The molecule has 2 rings (SSSR count). The van der Waals surface area contributed by atoms with Crippen molar-refractivity contribution in [1.29, 1.82) is 0 Å². The minimum absolute atomic E-state index is 0.0275. The molecule has 0 unspecified atom stereocenters. The first kappa shape index (κ1) is 26.0. The predicted octanol–water partition coefficient (Wildman–Crippen LogP) is 3.20. The Labute approximate surface area is 189 Å². The van der Waals surface area contributed by atoms with Gasteiger partial charge in [-0.1, -0.05) is 30.3 Å². The zero-order chi connectivity index (χ0) is 25.0. The predicted molar refractivity (Wildman–Crippen MR) is 113 cm³/mol. The van der Waals surface area contributed by atoms with E-state index < -0.39 is 57.5 Å². The van der Waals surface area contributed by atoms with Crippen molar-refractivity contribution in [3.05, 3.63) is 70.6 Å². The van der Waals surface area contributed by atoms with E-state index >= 15 is 0 Å². The molecule has 0 aliphatic heterocycles. The minimum atomic E-state index is -4.75. The molecular weight excluding hydrogens is 461 g/mol. The fourth-order valence-corrected chi connectivity index (χ4v) is 3.69. The van der Waals surface area contributed by atoms with Crippen molar-refractivity contribution in [2.75, 3.05) is 12.8 Å². The van der Waals surface area contributed by atoms with Gasteiger partial charge in [0.05, 0.1) is 35.6 Å². The van der Waals surface area contributed by atoms with Gasteiger partial charge in [-0.05, 0) is 31.0 Å². The number of carbonyl (C=O) groups excluding carboxylic acids is 2. The maximum atomic E-state index is 13.2. The van der Waals surface area contributed by atoms with E-state index in [1.165, 1.54) is 37.3 Å². The molecule has 2 aromatic carbocycles. The quantitative estimate of drug-likeness (QED) is 0.444. The van der Waals surface area contributed by atoms with E-state index in [4.69, 9.17) is 6.57 Å². The number of carbonyl (C=O) groups is 2. The Morgan fingerprint density at radius 3 is 2.24 bits per heavy atom. The van der Waals surface area contributed by atoms with Crippen LogP contribution in [0.2, 0.25) is 0 Å². The number of halogens is 3. The van der Waals surface area contributed by atoms with E-state index in [0.717, 1.165) is 18.4 Å². The Morgan fingerprint density at radius 2 is 1.76 bits per heavy atom. The van der Waals surface area contributed by atoms with Crippen molar-refractivity contribution < 1.29 is 36.3 Å². The highest BCUT2D eigenvalue weighted by Gasteiger charge is 2.34. The fourth-order valence-electron chi connectivity index (χ4n) is 3.06. The first-order chi connectivity index (χ1) is 15.2. The molecule has 0 aliphatic carbocycles. The first-order valence-electron chi connectivity index (χ1n) is 9.60. The number of hydrogen-bond acceptors (Lipinski definition) is 5. The Bertz CT molecular complexity index is 1180. The lowest BCUT2D eigenvalue weighted by atomic mass is 9.92. The van der Waals surface area contributed by atoms with Crippen molar-refractivity contribution in [3.8, 4) is 0 Å². The Hall–Kier alpha value is -3.23. The van der Waals surface area contributed by atoms with E-state index in [2.05, 4.69) is 10.2 Å². The summed E-state index contributed by atoms with van der Waals surface area (Å²) >= 11 is 0. The highest BCUT2D eigenvalue weighted by Crippen LogP contribution is 2.37. The normalized spacial score (nSPS) is 13.6. The molecule has 2 aromatic rings. The lowest BCUT2D eigenvalue weighted by Crippen LogP contribution is -2.40. The van der Waals surface area contributed by atoms with Crippen molar-refractivity contribution in [2.24, 2.45) is 5.92 Å². The highest BCUT2D eigenvalue weighted by molar-refractivity contribution is 7.90. The van der Waals surface area contributed by atoms with Gasteiger partial charge in [0.2, 0.25) is 5.91 Å². The minimum Gasteiger partial charge on any atom is -0.393 e. The Kier molecular flexibility index (Phi) is 8.00. The summed E-state index contributed by atoms with van der Waals surface area (Å²) in [5, 5.41) is 12.3. The summed E-state index contributed by atoms with van der Waals surface area (Å²) in [6, 6.07) is 8.17. The maximum absolute atomic E-state index is 13.2. The lowest BCUT2D eigenvalue weighted by Gasteiger charge is -2.20. The van der Waals surface area contributed by atoms with Gasteiger partial charge in [0.15, 0.2) is 21.3 Å². The molecule has 1 amide bonds. The van der Waals surface area contributed by atoms with Gasteiger partial charge in [0.1, 0.15) is 0 Å². The van der Waals surface area contributed by atoms with Gasteiger partial charge < -0.3 is 10.4 Å². The molecule has 0 saturated carbocycles. The number of ketones is 1. The molecule has 176 valence electrons. The van der Waals surface area contributed by atoms with Crippen LogP contribution in [0.4, 0.5) is 18.9 Å². The summed E-state index contributed by atoms with van der Waals surface area (Å²) in [5.41, 5.74) is -1.46. The number of alkyl halides is 3. The topological polar surface area (TPSA) is 105 Å². The Balaban J connectivity index is 2.12. The number of nitrogens with zero attached hydrogens (tertiary/aromatic N) is 1. The number of sulfone groups is 1. The average molecular weight is 482 g/mol. The third-order valence-corrected chi connectivity index (χ3v) is 6.02. The second-order valence-electron chi connectivity index (χ2n) is 7.45. The summed E-state index contributed by atoms with van der Waals surface area (Å²) in [6.45, 7) is 7.73. The van der Waals surface area contributed by atoms with Crippen molar-refractivity contribution >= 4 is 27.2 Å². The maximum Gasteiger partial charge on any atom is 0.407 e. The molecule has 0 bridgehead atoms. The monoisotopic (exact) mass is 482 g/mol. The van der Waals surface area contributed by atoms with Crippen LogP contribution in [0.25, 0.3) is 4.85 Å². The largest absolute Gasteiger partial charge is 0.407 e. The van der Waals surface area contributed by atoms with Crippen molar-refractivity contribution in [1.82, 2.24) is 5.32 Å². The smallest absolute Gasteiger partial charge is 0.393 e. The third kappa shape index (κ3) is 6.87. The van der Waals surface area contributed by atoms with E-state index in [-0.39, 0.29) is 22.4 Å². The van der Waals surface area contributed by atoms with Gasteiger partial charge in [0, 0.05) is 11.8 Å². The molecular formula is C22H21F3N2O5S. The molecule has 0 saturated heterocycles. The first-order valence-corrected chi connectivity index (χ1v) is 11.5. The Morgan fingerprint density at radius 1 is 1.15 bits per heavy atom. The summed E-state index contributed by atoms with van der Waals surface area (Å²) in [6.07, 6.45) is -5.21. The molecule has 7 nitrogen and oxygen atoms in total. The second kappa shape index (κ2) is 10.1. The molecule has 11 heteroatoms. The molecule has 0 fully saturated rings. The van der Waals surface area contributed by atoms with Crippen LogP contribution in [0.3, 0.4) is 0 Å². The SMILES string of the molecule is [C-]#[N+]c1ccc(C[C@@H](C(=O)NCC(=O)c2ccc(S(C)(=O)=O)cc2)[C@@H](C)O)cc1C(F)(F)F. The number of aliphatic hydroxyl groups is 1. The number of nitrogens with one attached hydrogen (secondary N) is 1. The third-order valence-electron chi connectivity index (χ3n) is 4.89. The second-order valence-corrected chi connectivity index (χ2v) is 9.47. The van der Waals surface area contributed by atoms with Crippen LogP contribution >= 0.6 is 0 Å². The number of Topliss-reactive ketones (excluding diaryl/α,β-unsaturated/α-hetero) is 1. The van der Waals surface area contributed by atoms with Crippen LogP contribution in [-0.2, 0) is 27.2 Å². The van der Waals surface area contributed by atoms with Gasteiger partial charge in [-0.3, -0.25) is 9.59 Å². The fraction of sp³-hybridized carbons (Fsp3) is 0.318. The summed E-state index contributed by atoms with van der Waals surface area (Å²) < 4.78 is 62.5. The van der Waals surface area contributed by atoms with Crippen LogP contribution in [0.1, 0.15) is 28.4 Å². The summed E-state index contributed by atoms with van der Waals surface area (Å²) in [5.74, 6) is -2.41. The molecule has 0 heterocycles. The molecule has 0 aliphatic rings. The highest BCUT2D eigenvalue weighted by atomic mass is 32.2. The van der Waals surface area contributed by atoms with Crippen LogP contribution in [-0.4, -0.2) is 44.1 Å². The van der Waals surface area contributed by atoms with E-state index in [9.17, 15) is 36.3 Å². The number of amides is 1. The van der Waals surface area contributed by atoms with Gasteiger partial charge in [0.25, 0.3) is 0 Å². The lowest BCUT2D eigenvalue weighted by molar-refractivity contribution is -0.136. The van der Waals surface area contributed by atoms with Crippen molar-refractivity contribution in [2.45, 2.75) is 30.5 Å². The molecule has 2 atom stereocenters. The van der Waals surface area contributed by atoms with Gasteiger partial charge in [-0.2, -0.15) is 13.2 Å². The van der Waals surface area contributed by atoms with Crippen LogP contribution < -0.4 is 5.32 Å². The van der Waals surface area contributed by atoms with Gasteiger partial charge in [-0.15, -0.1) is 0 Å².